The summed E-state index contributed by atoms with van der Waals surface area (Å²) in [5.74, 6) is -0.311. The van der Waals surface area contributed by atoms with Crippen molar-refractivity contribution in [1.82, 2.24) is 9.55 Å². The second-order valence-electron chi connectivity index (χ2n) is 6.30. The molecule has 1 amide bonds. The smallest absolute Gasteiger partial charge is 0.261 e. The molecule has 0 unspecified atom stereocenters. The SMILES string of the molecule is O=C(Cn1cnc2ccc(Cl)cc2c1=O)Nc1ccccc1-c1ccccc1. The van der Waals surface area contributed by atoms with Crippen LogP contribution >= 0.6 is 11.6 Å². The minimum absolute atomic E-state index is 0.141. The molecule has 0 bridgehead atoms. The van der Waals surface area contributed by atoms with E-state index in [0.29, 0.717) is 21.6 Å². The van der Waals surface area contributed by atoms with Gasteiger partial charge in [-0.05, 0) is 29.8 Å². The summed E-state index contributed by atoms with van der Waals surface area (Å²) in [6.45, 7) is -0.141. The van der Waals surface area contributed by atoms with Crippen molar-refractivity contribution in [2.45, 2.75) is 6.54 Å². The van der Waals surface area contributed by atoms with Gasteiger partial charge in [0, 0.05) is 16.3 Å². The lowest BCUT2D eigenvalue weighted by Crippen LogP contribution is -2.28. The van der Waals surface area contributed by atoms with Crippen LogP contribution in [0.4, 0.5) is 5.69 Å². The molecule has 0 atom stereocenters. The summed E-state index contributed by atoms with van der Waals surface area (Å²) in [7, 11) is 0. The summed E-state index contributed by atoms with van der Waals surface area (Å²) in [4.78, 5) is 29.5. The number of fused-ring (bicyclic) bond motifs is 1. The van der Waals surface area contributed by atoms with Crippen LogP contribution in [-0.4, -0.2) is 15.5 Å². The number of nitrogens with zero attached hydrogens (tertiary/aromatic N) is 2. The number of para-hydroxylation sites is 1. The molecular formula is C22H16ClN3O2. The van der Waals surface area contributed by atoms with E-state index in [0.717, 1.165) is 11.1 Å². The quantitative estimate of drug-likeness (QED) is 0.564. The van der Waals surface area contributed by atoms with E-state index in [4.69, 9.17) is 11.6 Å². The molecule has 3 aromatic carbocycles. The molecule has 4 rings (SSSR count). The number of carbonyl (C=O) groups is 1. The van der Waals surface area contributed by atoms with Gasteiger partial charge in [-0.15, -0.1) is 0 Å². The molecule has 1 N–H and O–H groups in total. The lowest BCUT2D eigenvalue weighted by atomic mass is 10.0. The predicted octanol–water partition coefficient (Wildman–Crippen LogP) is 4.36. The first kappa shape index (κ1) is 17.9. The van der Waals surface area contributed by atoms with Gasteiger partial charge < -0.3 is 5.32 Å². The first-order valence-electron chi connectivity index (χ1n) is 8.71. The summed E-state index contributed by atoms with van der Waals surface area (Å²) >= 11 is 5.98. The Morgan fingerprint density at radius 2 is 1.75 bits per heavy atom. The molecule has 1 aromatic heterocycles. The highest BCUT2D eigenvalue weighted by Gasteiger charge is 2.11. The van der Waals surface area contributed by atoms with Crippen molar-refractivity contribution >= 4 is 34.1 Å². The van der Waals surface area contributed by atoms with Crippen molar-refractivity contribution in [3.63, 3.8) is 0 Å². The van der Waals surface area contributed by atoms with Crippen LogP contribution in [0.2, 0.25) is 5.02 Å². The van der Waals surface area contributed by atoms with Crippen LogP contribution in [0.3, 0.4) is 0 Å². The van der Waals surface area contributed by atoms with Gasteiger partial charge in [0.15, 0.2) is 0 Å². The lowest BCUT2D eigenvalue weighted by molar-refractivity contribution is -0.116. The van der Waals surface area contributed by atoms with E-state index in [1.165, 1.54) is 10.9 Å². The minimum Gasteiger partial charge on any atom is -0.324 e. The molecule has 6 heteroatoms. The van der Waals surface area contributed by atoms with Crippen LogP contribution in [0.5, 0.6) is 0 Å². The Morgan fingerprint density at radius 3 is 2.57 bits per heavy atom. The van der Waals surface area contributed by atoms with Crippen molar-refractivity contribution in [2.24, 2.45) is 0 Å². The number of nitrogens with one attached hydrogen (secondary N) is 1. The van der Waals surface area contributed by atoms with Gasteiger partial charge in [0.05, 0.1) is 17.2 Å². The maximum absolute atomic E-state index is 12.6. The molecule has 0 saturated heterocycles. The number of carbonyl (C=O) groups excluding carboxylic acids is 1. The maximum Gasteiger partial charge on any atom is 0.261 e. The molecular weight excluding hydrogens is 374 g/mol. The van der Waals surface area contributed by atoms with E-state index in [2.05, 4.69) is 10.3 Å². The normalized spacial score (nSPS) is 10.8. The highest BCUT2D eigenvalue weighted by Crippen LogP contribution is 2.27. The molecule has 28 heavy (non-hydrogen) atoms. The highest BCUT2D eigenvalue weighted by atomic mass is 35.5. The first-order valence-corrected chi connectivity index (χ1v) is 9.08. The average Bonchev–Trinajstić information content (AvgIpc) is 2.71. The van der Waals surface area contributed by atoms with Crippen LogP contribution < -0.4 is 10.9 Å². The molecule has 5 nitrogen and oxygen atoms in total. The topological polar surface area (TPSA) is 64.0 Å². The van der Waals surface area contributed by atoms with E-state index in [-0.39, 0.29) is 18.0 Å². The number of benzene rings is 3. The van der Waals surface area contributed by atoms with Gasteiger partial charge in [-0.25, -0.2) is 4.98 Å². The number of amides is 1. The van der Waals surface area contributed by atoms with Crippen LogP contribution in [0.25, 0.3) is 22.0 Å². The standard InChI is InChI=1S/C22H16ClN3O2/c23-16-10-11-19-18(12-16)22(28)26(14-24-19)13-21(27)25-20-9-5-4-8-17(20)15-6-2-1-3-7-15/h1-12,14H,13H2,(H,25,27). The van der Waals surface area contributed by atoms with Crippen molar-refractivity contribution in [1.29, 1.82) is 0 Å². The Balaban J connectivity index is 1.60. The van der Waals surface area contributed by atoms with E-state index in [1.54, 1.807) is 18.2 Å². The molecule has 0 aliphatic carbocycles. The van der Waals surface area contributed by atoms with Gasteiger partial charge in [-0.2, -0.15) is 0 Å². The van der Waals surface area contributed by atoms with Gasteiger partial charge in [0.25, 0.3) is 5.56 Å². The Morgan fingerprint density at radius 1 is 1.00 bits per heavy atom. The van der Waals surface area contributed by atoms with E-state index in [1.807, 2.05) is 54.6 Å². The average molecular weight is 390 g/mol. The second kappa shape index (κ2) is 7.66. The molecule has 0 fully saturated rings. The molecule has 0 saturated carbocycles. The van der Waals surface area contributed by atoms with E-state index >= 15 is 0 Å². The predicted molar refractivity (Wildman–Crippen MR) is 112 cm³/mol. The van der Waals surface area contributed by atoms with Gasteiger partial charge in [-0.3, -0.25) is 14.2 Å². The fourth-order valence-electron chi connectivity index (χ4n) is 3.05. The zero-order valence-electron chi connectivity index (χ0n) is 14.8. The summed E-state index contributed by atoms with van der Waals surface area (Å²) in [5.41, 5.74) is 2.83. The van der Waals surface area contributed by atoms with Crippen molar-refractivity contribution in [3.8, 4) is 11.1 Å². The number of halogens is 1. The third-order valence-electron chi connectivity index (χ3n) is 4.39. The Labute approximate surface area is 166 Å². The molecule has 1 heterocycles. The van der Waals surface area contributed by atoms with Crippen LogP contribution in [0.1, 0.15) is 0 Å². The number of hydrogen-bond donors (Lipinski definition) is 1. The third kappa shape index (κ3) is 3.66. The number of hydrogen-bond acceptors (Lipinski definition) is 3. The van der Waals surface area contributed by atoms with Crippen molar-refractivity contribution < 1.29 is 4.79 Å². The minimum atomic E-state index is -0.311. The molecule has 0 aliphatic rings. The van der Waals surface area contributed by atoms with Crippen LogP contribution in [0.15, 0.2) is 83.9 Å². The lowest BCUT2D eigenvalue weighted by Gasteiger charge is -2.12. The number of anilines is 1. The summed E-state index contributed by atoms with van der Waals surface area (Å²) in [6.07, 6.45) is 1.38. The molecule has 138 valence electrons. The number of rotatable bonds is 4. The zero-order chi connectivity index (χ0) is 19.5. The monoisotopic (exact) mass is 389 g/mol. The summed E-state index contributed by atoms with van der Waals surface area (Å²) in [6, 6.07) is 22.2. The first-order chi connectivity index (χ1) is 13.6. The Bertz CT molecular complexity index is 1220. The molecule has 4 aromatic rings. The van der Waals surface area contributed by atoms with Gasteiger partial charge in [0.1, 0.15) is 6.54 Å². The zero-order valence-corrected chi connectivity index (χ0v) is 15.6. The molecule has 0 aliphatic heterocycles. The fraction of sp³-hybridized carbons (Fsp3) is 0.0455. The summed E-state index contributed by atoms with van der Waals surface area (Å²) < 4.78 is 1.28. The van der Waals surface area contributed by atoms with Crippen LogP contribution in [0, 0.1) is 0 Å². The molecule has 0 radical (unpaired) electrons. The Hall–Kier alpha value is -3.44. The second-order valence-corrected chi connectivity index (χ2v) is 6.74. The highest BCUT2D eigenvalue weighted by molar-refractivity contribution is 6.31. The summed E-state index contributed by atoms with van der Waals surface area (Å²) in [5, 5.41) is 3.72. The largest absolute Gasteiger partial charge is 0.324 e. The van der Waals surface area contributed by atoms with Gasteiger partial charge in [0.2, 0.25) is 5.91 Å². The molecule has 0 spiro atoms. The third-order valence-corrected chi connectivity index (χ3v) is 4.62. The number of aromatic nitrogens is 2. The van der Waals surface area contributed by atoms with Crippen LogP contribution in [-0.2, 0) is 11.3 Å². The Kier molecular flexibility index (Phi) is 4.91. The van der Waals surface area contributed by atoms with Crippen molar-refractivity contribution in [2.75, 3.05) is 5.32 Å². The van der Waals surface area contributed by atoms with E-state index < -0.39 is 0 Å². The van der Waals surface area contributed by atoms with E-state index in [9.17, 15) is 9.59 Å². The van der Waals surface area contributed by atoms with Gasteiger partial charge in [-0.1, -0.05) is 60.1 Å². The van der Waals surface area contributed by atoms with Crippen molar-refractivity contribution in [3.05, 3.63) is 94.5 Å². The fourth-order valence-corrected chi connectivity index (χ4v) is 3.22. The van der Waals surface area contributed by atoms with Gasteiger partial charge >= 0.3 is 0 Å². The maximum atomic E-state index is 12.6.